The number of aromatic amines is 1. The molecule has 0 unspecified atom stereocenters. The number of ether oxygens (including phenoxy) is 1. The van der Waals surface area contributed by atoms with Gasteiger partial charge in [0.05, 0.1) is 5.69 Å². The van der Waals surface area contributed by atoms with Crippen molar-refractivity contribution in [3.63, 3.8) is 0 Å². The van der Waals surface area contributed by atoms with E-state index in [4.69, 9.17) is 4.74 Å². The summed E-state index contributed by atoms with van der Waals surface area (Å²) < 4.78 is 5.57. The Bertz CT molecular complexity index is 1620. The van der Waals surface area contributed by atoms with E-state index in [9.17, 15) is 9.90 Å². The second-order valence-corrected chi connectivity index (χ2v) is 16.1. The molecule has 0 radical (unpaired) electrons. The van der Waals surface area contributed by atoms with Gasteiger partial charge < -0.3 is 19.7 Å². The Hall–Kier alpha value is -3.21. The zero-order valence-corrected chi connectivity index (χ0v) is 28.5. The number of nitrogens with zero attached hydrogens (tertiary/aromatic N) is 6. The monoisotopic (exact) mass is 641 g/mol. The Morgan fingerprint density at radius 2 is 1.60 bits per heavy atom. The van der Waals surface area contributed by atoms with Gasteiger partial charge in [-0.3, -0.25) is 14.7 Å². The fraction of sp³-hybridized carbons (Fsp3) is 0.649. The van der Waals surface area contributed by atoms with Gasteiger partial charge in [0.15, 0.2) is 5.65 Å². The highest BCUT2D eigenvalue weighted by atomic mass is 16.6. The third kappa shape index (κ3) is 5.80. The van der Waals surface area contributed by atoms with E-state index >= 15 is 0 Å². The summed E-state index contributed by atoms with van der Waals surface area (Å²) in [5, 5.41) is 20.5. The number of hydrogen-bond donors (Lipinski definition) is 2. The van der Waals surface area contributed by atoms with Crippen molar-refractivity contribution in [2.45, 2.75) is 102 Å². The third-order valence-electron chi connectivity index (χ3n) is 12.0. The van der Waals surface area contributed by atoms with Gasteiger partial charge in [0, 0.05) is 98.5 Å². The molecule has 2 saturated heterocycles. The van der Waals surface area contributed by atoms with Crippen LogP contribution in [0.1, 0.15) is 83.5 Å². The minimum atomic E-state index is -0.425. The summed E-state index contributed by atoms with van der Waals surface area (Å²) in [5.74, 6) is 0.233. The lowest BCUT2D eigenvalue weighted by Gasteiger charge is -2.61. The highest BCUT2D eigenvalue weighted by Crippen LogP contribution is 2.51. The molecule has 47 heavy (non-hydrogen) atoms. The van der Waals surface area contributed by atoms with E-state index in [1.165, 1.54) is 76.0 Å². The SMILES string of the molecule is C[C@@H]1c2c([nH]c3nnc(-c4ccccc4O)cc23)CCN1C1CCC(N2CCN(C3CC4(C3)CN(C(=O)OC(C)(C)C)C4)CC2)CC1. The summed E-state index contributed by atoms with van der Waals surface area (Å²) in [6, 6.07) is 11.8. The second-order valence-electron chi connectivity index (χ2n) is 16.1. The van der Waals surface area contributed by atoms with Crippen LogP contribution < -0.4 is 0 Å². The van der Waals surface area contributed by atoms with Gasteiger partial charge in [0.25, 0.3) is 0 Å². The fourth-order valence-corrected chi connectivity index (χ4v) is 9.56. The minimum Gasteiger partial charge on any atom is -0.507 e. The van der Waals surface area contributed by atoms with Crippen molar-refractivity contribution in [3.05, 3.63) is 41.6 Å². The largest absolute Gasteiger partial charge is 0.507 e. The van der Waals surface area contributed by atoms with Crippen molar-refractivity contribution in [1.29, 1.82) is 0 Å². The van der Waals surface area contributed by atoms with Crippen LogP contribution in [0.4, 0.5) is 4.79 Å². The number of carbonyl (C=O) groups is 1. The second kappa shape index (κ2) is 11.7. The average Bonchev–Trinajstić information content (AvgIpc) is 3.38. The third-order valence-corrected chi connectivity index (χ3v) is 12.0. The molecule has 2 aliphatic carbocycles. The van der Waals surface area contributed by atoms with Gasteiger partial charge in [-0.2, -0.15) is 0 Å². The van der Waals surface area contributed by atoms with Gasteiger partial charge >= 0.3 is 6.09 Å². The molecule has 3 aliphatic heterocycles. The van der Waals surface area contributed by atoms with Crippen molar-refractivity contribution in [1.82, 2.24) is 34.8 Å². The number of amides is 1. The summed E-state index contributed by atoms with van der Waals surface area (Å²) >= 11 is 0. The number of carbonyl (C=O) groups excluding carboxylic acids is 1. The maximum Gasteiger partial charge on any atom is 0.410 e. The molecule has 8 rings (SSSR count). The number of fused-ring (bicyclic) bond motifs is 3. The van der Waals surface area contributed by atoms with E-state index in [1.807, 2.05) is 43.9 Å². The van der Waals surface area contributed by atoms with E-state index in [-0.39, 0.29) is 11.8 Å². The molecule has 1 atom stereocenters. The van der Waals surface area contributed by atoms with Gasteiger partial charge in [-0.1, -0.05) is 12.1 Å². The van der Waals surface area contributed by atoms with Gasteiger partial charge in [0.2, 0.25) is 0 Å². The standard InChI is InChI=1S/C37H51N7O3/c1-24-33-29-19-31(28-7-5-6-8-32(28)45)39-40-34(29)38-30(33)13-14-44(24)26-11-9-25(10-12-26)41-15-17-42(18-16-41)27-20-37(21-27)22-43(23-37)35(46)47-36(2,3)4/h5-8,19,24-27,45H,9-18,20-23H2,1-4H3,(H,38,40)/t24-,25?,26?/m1/s1. The van der Waals surface area contributed by atoms with Gasteiger partial charge in [-0.25, -0.2) is 4.79 Å². The van der Waals surface area contributed by atoms with Crippen molar-refractivity contribution in [2.75, 3.05) is 45.8 Å². The minimum absolute atomic E-state index is 0.151. The molecule has 5 heterocycles. The first-order valence-corrected chi connectivity index (χ1v) is 17.9. The lowest BCUT2D eigenvalue weighted by Crippen LogP contribution is -2.69. The van der Waals surface area contributed by atoms with Crippen LogP contribution in [0, 0.1) is 5.41 Å². The quantitative estimate of drug-likeness (QED) is 0.381. The van der Waals surface area contributed by atoms with E-state index in [0.717, 1.165) is 42.7 Å². The molecule has 10 heteroatoms. The maximum atomic E-state index is 12.4. The lowest BCUT2D eigenvalue weighted by molar-refractivity contribution is -0.114. The molecule has 3 aromatic rings. The normalized spacial score (nSPS) is 27.4. The number of rotatable bonds is 4. The summed E-state index contributed by atoms with van der Waals surface area (Å²) in [6.45, 7) is 15.7. The van der Waals surface area contributed by atoms with Gasteiger partial charge in [0.1, 0.15) is 11.4 Å². The number of hydrogen-bond acceptors (Lipinski definition) is 8. The molecule has 252 valence electrons. The summed E-state index contributed by atoms with van der Waals surface area (Å²) in [7, 11) is 0. The molecule has 2 saturated carbocycles. The van der Waals surface area contributed by atoms with E-state index < -0.39 is 5.60 Å². The number of piperazine rings is 1. The lowest BCUT2D eigenvalue weighted by atomic mass is 9.60. The Morgan fingerprint density at radius 1 is 0.936 bits per heavy atom. The first-order valence-electron chi connectivity index (χ1n) is 17.9. The zero-order valence-electron chi connectivity index (χ0n) is 28.5. The first kappa shape index (κ1) is 31.1. The van der Waals surface area contributed by atoms with E-state index in [1.54, 1.807) is 6.07 Å². The maximum absolute atomic E-state index is 12.4. The summed E-state index contributed by atoms with van der Waals surface area (Å²) in [6.07, 6.45) is 8.39. The summed E-state index contributed by atoms with van der Waals surface area (Å²) in [5.41, 5.74) is 4.84. The number of likely N-dealkylation sites (tertiary alicyclic amines) is 1. The van der Waals surface area contributed by atoms with E-state index in [2.05, 4.69) is 42.9 Å². The smallest absolute Gasteiger partial charge is 0.410 e. The van der Waals surface area contributed by atoms with E-state index in [0.29, 0.717) is 35.3 Å². The number of nitrogens with one attached hydrogen (secondary N) is 1. The van der Waals surface area contributed by atoms with Gasteiger partial charge in [-0.15, -0.1) is 10.2 Å². The van der Waals surface area contributed by atoms with Crippen LogP contribution in [0.2, 0.25) is 0 Å². The predicted molar refractivity (Wildman–Crippen MR) is 182 cm³/mol. The molecular weight excluding hydrogens is 590 g/mol. The van der Waals surface area contributed by atoms with Crippen molar-refractivity contribution in [2.24, 2.45) is 5.41 Å². The predicted octanol–water partition coefficient (Wildman–Crippen LogP) is 5.58. The average molecular weight is 642 g/mol. The number of phenols is 1. The highest BCUT2D eigenvalue weighted by molar-refractivity contribution is 5.86. The number of phenolic OH excluding ortho intramolecular Hbond substituents is 1. The molecular formula is C37H51N7O3. The van der Waals surface area contributed by atoms with Crippen molar-refractivity contribution >= 4 is 17.1 Å². The summed E-state index contributed by atoms with van der Waals surface area (Å²) in [4.78, 5) is 26.1. The molecule has 10 nitrogen and oxygen atoms in total. The first-order chi connectivity index (χ1) is 22.6. The Kier molecular flexibility index (Phi) is 7.76. The molecule has 4 fully saturated rings. The number of benzene rings is 1. The van der Waals surface area contributed by atoms with Crippen LogP contribution >= 0.6 is 0 Å². The van der Waals surface area contributed by atoms with Gasteiger partial charge in [-0.05, 0) is 90.0 Å². The number of H-pyrrole nitrogens is 1. The Labute approximate surface area is 278 Å². The van der Waals surface area contributed by atoms with Crippen LogP contribution in [-0.2, 0) is 11.2 Å². The van der Waals surface area contributed by atoms with Crippen LogP contribution in [0.3, 0.4) is 0 Å². The van der Waals surface area contributed by atoms with Crippen LogP contribution in [0.25, 0.3) is 22.3 Å². The van der Waals surface area contributed by atoms with Crippen LogP contribution in [0.5, 0.6) is 5.75 Å². The van der Waals surface area contributed by atoms with Crippen LogP contribution in [-0.4, -0.2) is 116 Å². The molecule has 2 aromatic heterocycles. The fourth-order valence-electron chi connectivity index (χ4n) is 9.56. The Morgan fingerprint density at radius 3 is 2.28 bits per heavy atom. The zero-order chi connectivity index (χ0) is 32.5. The number of aromatic hydroxyl groups is 1. The number of para-hydroxylation sites is 1. The molecule has 1 spiro atoms. The highest BCUT2D eigenvalue weighted by Gasteiger charge is 2.55. The van der Waals surface area contributed by atoms with Crippen molar-refractivity contribution in [3.8, 4) is 17.0 Å². The number of aromatic nitrogens is 3. The molecule has 5 aliphatic rings. The molecule has 1 amide bonds. The topological polar surface area (TPSA) is 101 Å². The Balaban J connectivity index is 0.825. The molecule has 0 bridgehead atoms. The molecule has 1 aromatic carbocycles. The van der Waals surface area contributed by atoms with Crippen molar-refractivity contribution < 1.29 is 14.6 Å². The van der Waals surface area contributed by atoms with Crippen LogP contribution in [0.15, 0.2) is 30.3 Å². The molecule has 2 N–H and O–H groups in total.